The average molecular weight is 291 g/mol. The van der Waals surface area contributed by atoms with Crippen LogP contribution in [0.1, 0.15) is 12.0 Å². The molecule has 0 saturated carbocycles. The number of hydrogen-bond donors (Lipinski definition) is 2. The number of fused-ring (bicyclic) bond motifs is 1. The number of para-hydroxylation sites is 1. The number of hydrogen-bond acceptors (Lipinski definition) is 4. The van der Waals surface area contributed by atoms with Crippen LogP contribution in [0.5, 0.6) is 0 Å². The van der Waals surface area contributed by atoms with E-state index in [1.165, 1.54) is 0 Å². The minimum atomic E-state index is -0.156. The SMILES string of the molecule is COCCCNC(=O)CN1C(=O)CNCc2ccccc21. The van der Waals surface area contributed by atoms with Gasteiger partial charge < -0.3 is 20.3 Å². The third kappa shape index (κ3) is 4.27. The lowest BCUT2D eigenvalue weighted by atomic mass is 10.1. The van der Waals surface area contributed by atoms with Gasteiger partial charge >= 0.3 is 0 Å². The Morgan fingerprint density at radius 2 is 2.19 bits per heavy atom. The number of amides is 2. The Bertz CT molecular complexity index is 505. The average Bonchev–Trinajstić information content (AvgIpc) is 2.64. The Morgan fingerprint density at radius 1 is 1.38 bits per heavy atom. The Kier molecular flexibility index (Phi) is 5.71. The molecule has 114 valence electrons. The van der Waals surface area contributed by atoms with E-state index < -0.39 is 0 Å². The molecule has 1 aromatic carbocycles. The van der Waals surface area contributed by atoms with Crippen molar-refractivity contribution in [3.05, 3.63) is 29.8 Å². The molecule has 6 nitrogen and oxygen atoms in total. The number of carbonyl (C=O) groups is 2. The highest BCUT2D eigenvalue weighted by atomic mass is 16.5. The van der Waals surface area contributed by atoms with Gasteiger partial charge in [-0.15, -0.1) is 0 Å². The van der Waals surface area contributed by atoms with Crippen molar-refractivity contribution >= 4 is 17.5 Å². The van der Waals surface area contributed by atoms with E-state index in [9.17, 15) is 9.59 Å². The van der Waals surface area contributed by atoms with Crippen LogP contribution in [0.15, 0.2) is 24.3 Å². The van der Waals surface area contributed by atoms with E-state index >= 15 is 0 Å². The van der Waals surface area contributed by atoms with Gasteiger partial charge in [0.1, 0.15) is 6.54 Å². The predicted octanol–water partition coefficient (Wildman–Crippen LogP) is 0.276. The van der Waals surface area contributed by atoms with Crippen LogP contribution in [0.25, 0.3) is 0 Å². The molecule has 2 rings (SSSR count). The number of rotatable bonds is 6. The lowest BCUT2D eigenvalue weighted by Gasteiger charge is -2.22. The molecule has 0 atom stereocenters. The third-order valence-electron chi connectivity index (χ3n) is 3.32. The van der Waals surface area contributed by atoms with Gasteiger partial charge in [-0.3, -0.25) is 9.59 Å². The zero-order valence-corrected chi connectivity index (χ0v) is 12.2. The maximum absolute atomic E-state index is 12.2. The molecule has 0 saturated heterocycles. The molecule has 2 N–H and O–H groups in total. The highest BCUT2D eigenvalue weighted by Gasteiger charge is 2.23. The van der Waals surface area contributed by atoms with Gasteiger partial charge in [0.15, 0.2) is 0 Å². The fourth-order valence-electron chi connectivity index (χ4n) is 2.27. The minimum absolute atomic E-state index is 0.0461. The summed E-state index contributed by atoms with van der Waals surface area (Å²) in [6, 6.07) is 7.64. The first-order chi connectivity index (χ1) is 10.2. The summed E-state index contributed by atoms with van der Waals surface area (Å²) in [7, 11) is 1.63. The van der Waals surface area contributed by atoms with Gasteiger partial charge in [0.05, 0.1) is 6.54 Å². The van der Waals surface area contributed by atoms with E-state index in [1.54, 1.807) is 12.0 Å². The Balaban J connectivity index is 2.00. The van der Waals surface area contributed by atoms with E-state index in [2.05, 4.69) is 10.6 Å². The van der Waals surface area contributed by atoms with Gasteiger partial charge in [0, 0.05) is 32.5 Å². The highest BCUT2D eigenvalue weighted by molar-refractivity contribution is 6.00. The molecule has 0 bridgehead atoms. The van der Waals surface area contributed by atoms with E-state index in [1.807, 2.05) is 24.3 Å². The summed E-state index contributed by atoms with van der Waals surface area (Å²) in [5.74, 6) is -0.247. The molecule has 0 fully saturated rings. The summed E-state index contributed by atoms with van der Waals surface area (Å²) in [5, 5.41) is 5.88. The van der Waals surface area contributed by atoms with Gasteiger partial charge in [-0.05, 0) is 18.1 Å². The molecule has 1 aromatic rings. The first kappa shape index (κ1) is 15.5. The van der Waals surface area contributed by atoms with Crippen molar-refractivity contribution in [3.63, 3.8) is 0 Å². The molecule has 6 heteroatoms. The van der Waals surface area contributed by atoms with Crippen LogP contribution in [0.4, 0.5) is 5.69 Å². The summed E-state index contributed by atoms with van der Waals surface area (Å²) in [4.78, 5) is 25.7. The van der Waals surface area contributed by atoms with Gasteiger partial charge in [-0.2, -0.15) is 0 Å². The molecule has 0 aliphatic carbocycles. The van der Waals surface area contributed by atoms with Gasteiger partial charge in [0.25, 0.3) is 0 Å². The summed E-state index contributed by atoms with van der Waals surface area (Å²) < 4.78 is 4.93. The van der Waals surface area contributed by atoms with Crippen molar-refractivity contribution in [2.75, 3.05) is 38.3 Å². The van der Waals surface area contributed by atoms with Crippen molar-refractivity contribution in [2.45, 2.75) is 13.0 Å². The molecule has 0 unspecified atom stereocenters. The van der Waals surface area contributed by atoms with Crippen molar-refractivity contribution < 1.29 is 14.3 Å². The first-order valence-corrected chi connectivity index (χ1v) is 7.07. The van der Waals surface area contributed by atoms with Crippen LogP contribution in [-0.4, -0.2) is 45.2 Å². The predicted molar refractivity (Wildman–Crippen MR) is 80.0 cm³/mol. The second-order valence-corrected chi connectivity index (χ2v) is 4.91. The number of methoxy groups -OCH3 is 1. The van der Waals surface area contributed by atoms with Crippen molar-refractivity contribution in [1.82, 2.24) is 10.6 Å². The number of anilines is 1. The molecule has 0 aromatic heterocycles. The standard InChI is InChI=1S/C15H21N3O3/c1-21-8-4-7-17-14(19)11-18-13-6-3-2-5-12(13)9-16-10-15(18)20/h2-3,5-6,16H,4,7-11H2,1H3,(H,17,19). The topological polar surface area (TPSA) is 70.7 Å². The van der Waals surface area contributed by atoms with Crippen LogP contribution in [-0.2, 0) is 20.9 Å². The fraction of sp³-hybridized carbons (Fsp3) is 0.467. The van der Waals surface area contributed by atoms with E-state index in [0.717, 1.165) is 17.7 Å². The number of carbonyl (C=O) groups excluding carboxylic acids is 2. The van der Waals surface area contributed by atoms with Crippen LogP contribution >= 0.6 is 0 Å². The van der Waals surface area contributed by atoms with Gasteiger partial charge in [-0.1, -0.05) is 18.2 Å². The summed E-state index contributed by atoms with van der Waals surface area (Å²) in [6.07, 6.45) is 0.758. The summed E-state index contributed by atoms with van der Waals surface area (Å²) in [6.45, 7) is 2.08. The zero-order chi connectivity index (χ0) is 15.1. The molecule has 2 amide bonds. The second kappa shape index (κ2) is 7.75. The van der Waals surface area contributed by atoms with Crippen molar-refractivity contribution in [2.24, 2.45) is 0 Å². The summed E-state index contributed by atoms with van der Waals surface area (Å²) in [5.41, 5.74) is 1.83. The molecule has 0 radical (unpaired) electrons. The molecule has 0 spiro atoms. The maximum atomic E-state index is 12.2. The van der Waals surface area contributed by atoms with E-state index in [-0.39, 0.29) is 24.9 Å². The van der Waals surface area contributed by atoms with Gasteiger partial charge in [0.2, 0.25) is 11.8 Å². The second-order valence-electron chi connectivity index (χ2n) is 4.91. The number of nitrogens with one attached hydrogen (secondary N) is 2. The van der Waals surface area contributed by atoms with Crippen LogP contribution < -0.4 is 15.5 Å². The summed E-state index contributed by atoms with van der Waals surface area (Å²) >= 11 is 0. The number of nitrogens with zero attached hydrogens (tertiary/aromatic N) is 1. The zero-order valence-electron chi connectivity index (χ0n) is 12.2. The van der Waals surface area contributed by atoms with Crippen LogP contribution in [0.3, 0.4) is 0 Å². The largest absolute Gasteiger partial charge is 0.385 e. The van der Waals surface area contributed by atoms with Crippen LogP contribution in [0, 0.1) is 0 Å². The molecule has 1 heterocycles. The third-order valence-corrected chi connectivity index (χ3v) is 3.32. The molecule has 1 aliphatic rings. The van der Waals surface area contributed by atoms with E-state index in [0.29, 0.717) is 19.7 Å². The fourth-order valence-corrected chi connectivity index (χ4v) is 2.27. The van der Waals surface area contributed by atoms with Crippen molar-refractivity contribution in [1.29, 1.82) is 0 Å². The number of ether oxygens (including phenoxy) is 1. The number of benzene rings is 1. The lowest BCUT2D eigenvalue weighted by molar-refractivity contribution is -0.123. The maximum Gasteiger partial charge on any atom is 0.241 e. The van der Waals surface area contributed by atoms with E-state index in [4.69, 9.17) is 4.74 Å². The molecular weight excluding hydrogens is 270 g/mol. The van der Waals surface area contributed by atoms with Gasteiger partial charge in [-0.25, -0.2) is 0 Å². The monoisotopic (exact) mass is 291 g/mol. The smallest absolute Gasteiger partial charge is 0.241 e. The van der Waals surface area contributed by atoms with Crippen molar-refractivity contribution in [3.8, 4) is 0 Å². The Hall–Kier alpha value is -1.92. The Morgan fingerprint density at radius 3 is 3.00 bits per heavy atom. The van der Waals surface area contributed by atoms with Crippen LogP contribution in [0.2, 0.25) is 0 Å². The molecule has 1 aliphatic heterocycles. The molecule has 21 heavy (non-hydrogen) atoms. The highest BCUT2D eigenvalue weighted by Crippen LogP contribution is 2.22. The Labute approximate surface area is 124 Å². The lowest BCUT2D eigenvalue weighted by Crippen LogP contribution is -2.43. The quantitative estimate of drug-likeness (QED) is 0.738. The normalized spacial score (nSPS) is 14.5. The minimum Gasteiger partial charge on any atom is -0.385 e. The first-order valence-electron chi connectivity index (χ1n) is 7.07. The molecular formula is C15H21N3O3.